The highest BCUT2D eigenvalue weighted by molar-refractivity contribution is 5.44. The number of hydrogen-bond acceptors (Lipinski definition) is 4. The van der Waals surface area contributed by atoms with Gasteiger partial charge in [-0.25, -0.2) is 4.98 Å². The third kappa shape index (κ3) is 3.36. The first-order valence-corrected chi connectivity index (χ1v) is 5.78. The van der Waals surface area contributed by atoms with E-state index in [1.807, 2.05) is 13.0 Å². The van der Waals surface area contributed by atoms with Crippen molar-refractivity contribution in [3.63, 3.8) is 0 Å². The van der Waals surface area contributed by atoms with E-state index in [1.165, 1.54) is 0 Å². The van der Waals surface area contributed by atoms with Gasteiger partial charge >= 0.3 is 0 Å². The highest BCUT2D eigenvalue weighted by Gasteiger charge is 2.14. The maximum Gasteiger partial charge on any atom is 0.222 e. The molecule has 0 radical (unpaired) electrons. The molecule has 1 rings (SSSR count). The minimum absolute atomic E-state index is 0.351. The summed E-state index contributed by atoms with van der Waals surface area (Å²) in [5.74, 6) is 1.87. The lowest BCUT2D eigenvalue weighted by Gasteiger charge is -2.29. The Labute approximate surface area is 97.9 Å². The maximum absolute atomic E-state index is 5.68. The summed E-state index contributed by atoms with van der Waals surface area (Å²) in [6.07, 6.45) is 0. The summed E-state index contributed by atoms with van der Waals surface area (Å²) in [6.45, 7) is 11.6. The Kier molecular flexibility index (Phi) is 4.10. The number of anilines is 2. The van der Waals surface area contributed by atoms with Gasteiger partial charge in [0.25, 0.3) is 0 Å². The summed E-state index contributed by atoms with van der Waals surface area (Å²) >= 11 is 0. The lowest BCUT2D eigenvalue weighted by molar-refractivity contribution is 0.566. The number of hydrogen-bond donors (Lipinski definition) is 1. The van der Waals surface area contributed by atoms with Crippen LogP contribution in [0.2, 0.25) is 0 Å². The van der Waals surface area contributed by atoms with Crippen molar-refractivity contribution >= 4 is 11.8 Å². The molecule has 0 aliphatic rings. The standard InChI is InChI=1S/C12H22N4/c1-8(2)7-16(9(3)4)11-6-10(5)14-12(13)15-11/h6,8-9H,7H2,1-5H3,(H2,13,14,15). The maximum atomic E-state index is 5.68. The summed E-state index contributed by atoms with van der Waals surface area (Å²) in [5, 5.41) is 0. The van der Waals surface area contributed by atoms with Gasteiger partial charge in [0.2, 0.25) is 5.95 Å². The van der Waals surface area contributed by atoms with Gasteiger partial charge < -0.3 is 10.6 Å². The molecule has 1 heterocycles. The van der Waals surface area contributed by atoms with E-state index < -0.39 is 0 Å². The Morgan fingerprint density at radius 3 is 2.31 bits per heavy atom. The van der Waals surface area contributed by atoms with Crippen LogP contribution in [-0.4, -0.2) is 22.6 Å². The zero-order valence-electron chi connectivity index (χ0n) is 10.9. The SMILES string of the molecule is Cc1cc(N(CC(C)C)C(C)C)nc(N)n1. The van der Waals surface area contributed by atoms with Crippen molar-refractivity contribution in [2.45, 2.75) is 40.7 Å². The molecule has 90 valence electrons. The van der Waals surface area contributed by atoms with Crippen LogP contribution in [0.5, 0.6) is 0 Å². The van der Waals surface area contributed by atoms with E-state index in [9.17, 15) is 0 Å². The van der Waals surface area contributed by atoms with Crippen LogP contribution in [-0.2, 0) is 0 Å². The molecule has 0 saturated heterocycles. The van der Waals surface area contributed by atoms with Gasteiger partial charge in [0.05, 0.1) is 0 Å². The number of rotatable bonds is 4. The summed E-state index contributed by atoms with van der Waals surface area (Å²) in [6, 6.07) is 2.40. The van der Waals surface area contributed by atoms with Crippen LogP contribution >= 0.6 is 0 Å². The minimum atomic E-state index is 0.351. The van der Waals surface area contributed by atoms with Gasteiger partial charge in [-0.1, -0.05) is 13.8 Å². The monoisotopic (exact) mass is 222 g/mol. The van der Waals surface area contributed by atoms with Crippen molar-refractivity contribution in [1.29, 1.82) is 0 Å². The molecule has 2 N–H and O–H groups in total. The second kappa shape index (κ2) is 5.14. The zero-order valence-corrected chi connectivity index (χ0v) is 10.9. The number of aromatic nitrogens is 2. The van der Waals surface area contributed by atoms with Crippen LogP contribution in [0, 0.1) is 12.8 Å². The van der Waals surface area contributed by atoms with Crippen LogP contribution in [0.15, 0.2) is 6.07 Å². The molecule has 0 atom stereocenters. The summed E-state index contributed by atoms with van der Waals surface area (Å²) in [7, 11) is 0. The van der Waals surface area contributed by atoms with Crippen LogP contribution in [0.1, 0.15) is 33.4 Å². The molecule has 0 aliphatic heterocycles. The molecule has 0 bridgehead atoms. The molecule has 0 saturated carbocycles. The molecule has 1 aromatic heterocycles. The number of nitrogens with two attached hydrogens (primary N) is 1. The second-order valence-electron chi connectivity index (χ2n) is 4.87. The van der Waals surface area contributed by atoms with Crippen molar-refractivity contribution in [2.24, 2.45) is 5.92 Å². The lowest BCUT2D eigenvalue weighted by Crippen LogP contribution is -2.35. The van der Waals surface area contributed by atoms with Crippen molar-refractivity contribution < 1.29 is 0 Å². The van der Waals surface area contributed by atoms with E-state index in [0.29, 0.717) is 17.9 Å². The molecule has 0 fully saturated rings. The Morgan fingerprint density at radius 1 is 1.25 bits per heavy atom. The highest BCUT2D eigenvalue weighted by Crippen LogP contribution is 2.17. The van der Waals surface area contributed by atoms with Gasteiger partial charge in [0.15, 0.2) is 0 Å². The van der Waals surface area contributed by atoms with Crippen molar-refractivity contribution in [2.75, 3.05) is 17.2 Å². The molecule has 4 nitrogen and oxygen atoms in total. The molecular weight excluding hydrogens is 200 g/mol. The second-order valence-corrected chi connectivity index (χ2v) is 4.87. The first kappa shape index (κ1) is 12.7. The first-order valence-electron chi connectivity index (χ1n) is 5.78. The van der Waals surface area contributed by atoms with E-state index in [0.717, 1.165) is 18.1 Å². The smallest absolute Gasteiger partial charge is 0.222 e. The summed E-state index contributed by atoms with van der Waals surface area (Å²) < 4.78 is 0. The molecule has 0 aliphatic carbocycles. The fraction of sp³-hybridized carbons (Fsp3) is 0.667. The van der Waals surface area contributed by atoms with E-state index in [-0.39, 0.29) is 0 Å². The molecule has 0 amide bonds. The van der Waals surface area contributed by atoms with Crippen molar-refractivity contribution in [3.8, 4) is 0 Å². The lowest BCUT2D eigenvalue weighted by atomic mass is 10.2. The number of nitrogens with zero attached hydrogens (tertiary/aromatic N) is 3. The Bertz CT molecular complexity index is 327. The predicted octanol–water partition coefficient (Wildman–Crippen LogP) is 2.24. The fourth-order valence-electron chi connectivity index (χ4n) is 1.68. The largest absolute Gasteiger partial charge is 0.368 e. The molecule has 0 aromatic carbocycles. The minimum Gasteiger partial charge on any atom is -0.368 e. The highest BCUT2D eigenvalue weighted by atomic mass is 15.2. The van der Waals surface area contributed by atoms with Gasteiger partial charge in [-0.05, 0) is 26.7 Å². The fourth-order valence-corrected chi connectivity index (χ4v) is 1.68. The van der Waals surface area contributed by atoms with Gasteiger partial charge in [-0.3, -0.25) is 0 Å². The average Bonchev–Trinajstić information content (AvgIpc) is 2.11. The van der Waals surface area contributed by atoms with Gasteiger partial charge in [0.1, 0.15) is 5.82 Å². The molecule has 1 aromatic rings. The molecular formula is C12H22N4. The topological polar surface area (TPSA) is 55.0 Å². The normalized spacial score (nSPS) is 11.2. The average molecular weight is 222 g/mol. The molecule has 0 unspecified atom stereocenters. The van der Waals surface area contributed by atoms with Gasteiger partial charge in [-0.15, -0.1) is 0 Å². The predicted molar refractivity (Wildman–Crippen MR) is 68.5 cm³/mol. The first-order chi connectivity index (χ1) is 7.40. The van der Waals surface area contributed by atoms with Crippen LogP contribution in [0.25, 0.3) is 0 Å². The quantitative estimate of drug-likeness (QED) is 0.849. The van der Waals surface area contributed by atoms with Gasteiger partial charge in [0, 0.05) is 24.3 Å². The van der Waals surface area contributed by atoms with E-state index >= 15 is 0 Å². The summed E-state index contributed by atoms with van der Waals surface area (Å²) in [5.41, 5.74) is 6.59. The Balaban J connectivity index is 3.00. The number of nitrogen functional groups attached to an aromatic ring is 1. The van der Waals surface area contributed by atoms with E-state index in [1.54, 1.807) is 0 Å². The molecule has 4 heteroatoms. The van der Waals surface area contributed by atoms with E-state index in [2.05, 4.69) is 42.6 Å². The third-order valence-corrected chi connectivity index (χ3v) is 2.34. The van der Waals surface area contributed by atoms with Crippen LogP contribution in [0.3, 0.4) is 0 Å². The van der Waals surface area contributed by atoms with E-state index in [4.69, 9.17) is 5.73 Å². The Morgan fingerprint density at radius 2 is 1.88 bits per heavy atom. The third-order valence-electron chi connectivity index (χ3n) is 2.34. The van der Waals surface area contributed by atoms with Crippen LogP contribution < -0.4 is 10.6 Å². The van der Waals surface area contributed by atoms with Crippen molar-refractivity contribution in [1.82, 2.24) is 9.97 Å². The Hall–Kier alpha value is -1.32. The van der Waals surface area contributed by atoms with Crippen LogP contribution in [0.4, 0.5) is 11.8 Å². The zero-order chi connectivity index (χ0) is 12.3. The van der Waals surface area contributed by atoms with Crippen molar-refractivity contribution in [3.05, 3.63) is 11.8 Å². The van der Waals surface area contributed by atoms with Gasteiger partial charge in [-0.2, -0.15) is 4.98 Å². The summed E-state index contributed by atoms with van der Waals surface area (Å²) in [4.78, 5) is 10.7. The molecule has 16 heavy (non-hydrogen) atoms. The number of aryl methyl sites for hydroxylation is 1. The molecule has 0 spiro atoms.